The van der Waals surface area contributed by atoms with E-state index in [9.17, 15) is 19.8 Å². The smallest absolute Gasteiger partial charge is 0.311 e. The van der Waals surface area contributed by atoms with E-state index in [2.05, 4.69) is 13.2 Å². The van der Waals surface area contributed by atoms with Crippen LogP contribution in [0.15, 0.2) is 73.8 Å². The Morgan fingerprint density at radius 2 is 1.16 bits per heavy atom. The zero-order chi connectivity index (χ0) is 18.2. The van der Waals surface area contributed by atoms with E-state index in [1.54, 1.807) is 24.3 Å². The summed E-state index contributed by atoms with van der Waals surface area (Å²) >= 11 is 0. The molecule has 0 spiro atoms. The molecule has 0 aromatic heterocycles. The third-order valence-electron chi connectivity index (χ3n) is 5.02. The summed E-state index contributed by atoms with van der Waals surface area (Å²) in [6.07, 6.45) is 2.64. The first-order chi connectivity index (χ1) is 12.0. The van der Waals surface area contributed by atoms with Crippen molar-refractivity contribution in [3.05, 3.63) is 85.0 Å². The summed E-state index contributed by atoms with van der Waals surface area (Å²) in [5.74, 6) is -4.46. The summed E-state index contributed by atoms with van der Waals surface area (Å²) in [4.78, 5) is 24.2. The highest BCUT2D eigenvalue weighted by Crippen LogP contribution is 2.57. The van der Waals surface area contributed by atoms with E-state index in [0.29, 0.717) is 11.1 Å². The number of rotatable bonds is 6. The minimum absolute atomic E-state index is 0.677. The van der Waals surface area contributed by atoms with E-state index in [4.69, 9.17) is 0 Å². The van der Waals surface area contributed by atoms with Gasteiger partial charge in [-0.25, -0.2) is 0 Å². The summed E-state index contributed by atoms with van der Waals surface area (Å²) in [5, 5.41) is 19.8. The van der Waals surface area contributed by atoms with Crippen LogP contribution in [0.2, 0.25) is 0 Å². The van der Waals surface area contributed by atoms with E-state index in [-0.39, 0.29) is 0 Å². The average Bonchev–Trinajstić information content (AvgIpc) is 2.88. The van der Waals surface area contributed by atoms with Gasteiger partial charge in [0.25, 0.3) is 0 Å². The van der Waals surface area contributed by atoms with Crippen molar-refractivity contribution in [2.45, 2.75) is 5.41 Å². The van der Waals surface area contributed by atoms with E-state index in [1.165, 1.54) is 12.2 Å². The molecule has 2 unspecified atom stereocenters. The number of hydrogen-bond donors (Lipinski definition) is 2. The van der Waals surface area contributed by atoms with Crippen molar-refractivity contribution >= 4 is 11.9 Å². The van der Waals surface area contributed by atoms with Crippen LogP contribution in [0.25, 0.3) is 11.1 Å². The average molecular weight is 334 g/mol. The Balaban J connectivity index is 2.51. The SMILES string of the molecule is C=CC(C(=O)O)C1(C(C=C)C(=O)O)c2ccccc2-c2ccccc21. The van der Waals surface area contributed by atoms with Crippen LogP contribution in [-0.4, -0.2) is 22.2 Å². The molecule has 0 radical (unpaired) electrons. The molecule has 0 bridgehead atoms. The summed E-state index contributed by atoms with van der Waals surface area (Å²) in [5.41, 5.74) is 1.75. The second-order valence-electron chi connectivity index (χ2n) is 6.06. The van der Waals surface area contributed by atoms with E-state index >= 15 is 0 Å². The zero-order valence-electron chi connectivity index (χ0n) is 13.6. The van der Waals surface area contributed by atoms with Gasteiger partial charge in [-0.15, -0.1) is 13.2 Å². The fraction of sp³-hybridized carbons (Fsp3) is 0.143. The molecule has 4 heteroatoms. The van der Waals surface area contributed by atoms with Crippen LogP contribution < -0.4 is 0 Å². The minimum Gasteiger partial charge on any atom is -0.481 e. The second kappa shape index (κ2) is 6.06. The summed E-state index contributed by atoms with van der Waals surface area (Å²) < 4.78 is 0. The van der Waals surface area contributed by atoms with Crippen LogP contribution in [0.3, 0.4) is 0 Å². The number of fused-ring (bicyclic) bond motifs is 3. The van der Waals surface area contributed by atoms with Crippen molar-refractivity contribution < 1.29 is 19.8 Å². The lowest BCUT2D eigenvalue weighted by Gasteiger charge is -2.39. The molecule has 0 fully saturated rings. The van der Waals surface area contributed by atoms with Gasteiger partial charge in [0.15, 0.2) is 0 Å². The van der Waals surface area contributed by atoms with Gasteiger partial charge in [0.2, 0.25) is 0 Å². The Morgan fingerprint density at radius 3 is 1.48 bits per heavy atom. The highest BCUT2D eigenvalue weighted by atomic mass is 16.4. The summed E-state index contributed by atoms with van der Waals surface area (Å²) in [6, 6.07) is 14.7. The van der Waals surface area contributed by atoms with Crippen LogP contribution in [0.4, 0.5) is 0 Å². The van der Waals surface area contributed by atoms with E-state index < -0.39 is 29.2 Å². The van der Waals surface area contributed by atoms with Crippen LogP contribution in [0.5, 0.6) is 0 Å². The monoisotopic (exact) mass is 334 g/mol. The van der Waals surface area contributed by atoms with Crippen LogP contribution >= 0.6 is 0 Å². The highest BCUT2D eigenvalue weighted by molar-refractivity contribution is 5.91. The molecule has 0 heterocycles. The number of carboxylic acid groups (broad SMARTS) is 2. The Morgan fingerprint density at radius 1 is 0.800 bits per heavy atom. The van der Waals surface area contributed by atoms with Crippen molar-refractivity contribution in [2.24, 2.45) is 11.8 Å². The predicted octanol–water partition coefficient (Wildman–Crippen LogP) is 3.73. The Kier molecular flexibility index (Phi) is 4.05. The van der Waals surface area contributed by atoms with Gasteiger partial charge in [-0.3, -0.25) is 9.59 Å². The first kappa shape index (κ1) is 16.7. The van der Waals surface area contributed by atoms with Gasteiger partial charge in [-0.05, 0) is 22.3 Å². The molecule has 0 saturated carbocycles. The number of carboxylic acids is 2. The van der Waals surface area contributed by atoms with Crippen molar-refractivity contribution in [3.8, 4) is 11.1 Å². The first-order valence-electron chi connectivity index (χ1n) is 7.90. The lowest BCUT2D eigenvalue weighted by Crippen LogP contribution is -2.47. The minimum atomic E-state index is -1.30. The molecule has 2 aromatic rings. The summed E-state index contributed by atoms with van der Waals surface area (Å²) in [7, 11) is 0. The normalized spacial score (nSPS) is 16.2. The largest absolute Gasteiger partial charge is 0.481 e. The Bertz CT molecular complexity index is 807. The predicted molar refractivity (Wildman–Crippen MR) is 95.3 cm³/mol. The van der Waals surface area contributed by atoms with Gasteiger partial charge in [-0.1, -0.05) is 60.7 Å². The van der Waals surface area contributed by atoms with Gasteiger partial charge in [0.1, 0.15) is 0 Å². The van der Waals surface area contributed by atoms with Gasteiger partial charge in [0, 0.05) is 0 Å². The van der Waals surface area contributed by atoms with Gasteiger partial charge >= 0.3 is 11.9 Å². The van der Waals surface area contributed by atoms with Crippen LogP contribution in [-0.2, 0) is 15.0 Å². The van der Waals surface area contributed by atoms with Crippen LogP contribution in [0, 0.1) is 11.8 Å². The van der Waals surface area contributed by atoms with Crippen molar-refractivity contribution in [3.63, 3.8) is 0 Å². The van der Waals surface area contributed by atoms with E-state index in [0.717, 1.165) is 11.1 Å². The lowest BCUT2D eigenvalue weighted by molar-refractivity contribution is -0.146. The zero-order valence-corrected chi connectivity index (χ0v) is 13.6. The molecule has 126 valence electrons. The first-order valence-corrected chi connectivity index (χ1v) is 7.90. The molecular weight excluding hydrogens is 316 g/mol. The maximum absolute atomic E-state index is 12.1. The van der Waals surface area contributed by atoms with Gasteiger partial charge < -0.3 is 10.2 Å². The number of aliphatic carboxylic acids is 2. The molecule has 1 aliphatic rings. The van der Waals surface area contributed by atoms with Gasteiger partial charge in [0.05, 0.1) is 17.3 Å². The van der Waals surface area contributed by atoms with Crippen molar-refractivity contribution in [1.29, 1.82) is 0 Å². The van der Waals surface area contributed by atoms with Crippen molar-refractivity contribution in [2.75, 3.05) is 0 Å². The maximum atomic E-state index is 12.1. The van der Waals surface area contributed by atoms with Crippen molar-refractivity contribution in [1.82, 2.24) is 0 Å². The number of benzene rings is 2. The molecular formula is C21H18O4. The van der Waals surface area contributed by atoms with Gasteiger partial charge in [-0.2, -0.15) is 0 Å². The number of hydrogen-bond acceptors (Lipinski definition) is 2. The molecule has 2 N–H and O–H groups in total. The third-order valence-corrected chi connectivity index (χ3v) is 5.02. The Hall–Kier alpha value is -3.14. The molecule has 4 nitrogen and oxygen atoms in total. The molecule has 1 aliphatic carbocycles. The third kappa shape index (κ3) is 2.14. The molecule has 2 aromatic carbocycles. The second-order valence-corrected chi connectivity index (χ2v) is 6.06. The fourth-order valence-corrected chi connectivity index (χ4v) is 4.13. The summed E-state index contributed by atoms with van der Waals surface area (Å²) in [6.45, 7) is 7.37. The quantitative estimate of drug-likeness (QED) is 0.790. The molecule has 3 rings (SSSR count). The van der Waals surface area contributed by atoms with Crippen LogP contribution in [0.1, 0.15) is 11.1 Å². The molecule has 0 amide bonds. The number of carbonyl (C=O) groups is 2. The standard InChI is InChI=1S/C21H18O4/c1-3-15(19(22)23)21(16(4-2)20(24)25)17-11-7-5-9-13(17)14-10-6-8-12-18(14)21/h3-12,15-16H,1-2H2,(H,22,23)(H,24,25). The molecule has 25 heavy (non-hydrogen) atoms. The molecule has 2 atom stereocenters. The highest BCUT2D eigenvalue weighted by Gasteiger charge is 2.56. The topological polar surface area (TPSA) is 74.6 Å². The Labute approximate surface area is 145 Å². The molecule has 0 saturated heterocycles. The molecule has 0 aliphatic heterocycles. The maximum Gasteiger partial charge on any atom is 0.311 e. The fourth-order valence-electron chi connectivity index (χ4n) is 4.13. The lowest BCUT2D eigenvalue weighted by atomic mass is 9.60. The van der Waals surface area contributed by atoms with E-state index in [1.807, 2.05) is 24.3 Å².